The molecule has 0 saturated carbocycles. The predicted molar refractivity (Wildman–Crippen MR) is 89.2 cm³/mol. The Morgan fingerprint density at radius 1 is 1.05 bits per heavy atom. The lowest BCUT2D eigenvalue weighted by Crippen LogP contribution is -2.41. The molecule has 2 heterocycles. The lowest BCUT2D eigenvalue weighted by molar-refractivity contribution is 0.0377. The van der Waals surface area contributed by atoms with E-state index in [1.54, 1.807) is 0 Å². The first-order chi connectivity index (χ1) is 8.86. The van der Waals surface area contributed by atoms with Crippen LogP contribution in [0.5, 0.6) is 0 Å². The molecular weight excluding hydrogens is 355 g/mol. The van der Waals surface area contributed by atoms with Crippen LogP contribution in [-0.2, 0) is 4.74 Å². The number of guanidine groups is 1. The minimum Gasteiger partial charge on any atom is -0.379 e. The van der Waals surface area contributed by atoms with Crippen molar-refractivity contribution in [2.45, 2.75) is 25.7 Å². The average molecular weight is 382 g/mol. The van der Waals surface area contributed by atoms with E-state index in [4.69, 9.17) is 10.5 Å². The number of ether oxygens (including phenoxy) is 1. The molecule has 2 aliphatic heterocycles. The predicted octanol–water partition coefficient (Wildman–Crippen LogP) is 1.13. The van der Waals surface area contributed by atoms with Crippen LogP contribution in [0.25, 0.3) is 0 Å². The molecule has 0 radical (unpaired) electrons. The van der Waals surface area contributed by atoms with Gasteiger partial charge in [0.15, 0.2) is 5.96 Å². The molecule has 112 valence electrons. The van der Waals surface area contributed by atoms with Crippen molar-refractivity contribution in [3.05, 3.63) is 0 Å². The molecule has 2 saturated heterocycles. The Morgan fingerprint density at radius 3 is 2.42 bits per heavy atom. The van der Waals surface area contributed by atoms with Gasteiger partial charge < -0.3 is 15.4 Å². The zero-order chi connectivity index (χ0) is 12.6. The first-order valence-corrected chi connectivity index (χ1v) is 7.21. The fraction of sp³-hybridized carbons (Fsp3) is 0.923. The fourth-order valence-electron chi connectivity index (χ4n) is 2.54. The quantitative estimate of drug-likeness (QED) is 0.343. The van der Waals surface area contributed by atoms with Crippen molar-refractivity contribution >= 4 is 29.9 Å². The van der Waals surface area contributed by atoms with Crippen LogP contribution in [0, 0.1) is 0 Å². The summed E-state index contributed by atoms with van der Waals surface area (Å²) in [4.78, 5) is 9.16. The maximum atomic E-state index is 6.01. The smallest absolute Gasteiger partial charge is 0.191 e. The number of halogens is 1. The number of hydrogen-bond acceptors (Lipinski definition) is 3. The molecule has 0 aromatic carbocycles. The number of hydrogen-bond donors (Lipinski definition) is 1. The van der Waals surface area contributed by atoms with E-state index in [2.05, 4.69) is 14.8 Å². The third kappa shape index (κ3) is 6.27. The summed E-state index contributed by atoms with van der Waals surface area (Å²) in [6, 6.07) is 0. The van der Waals surface area contributed by atoms with Gasteiger partial charge in [0.2, 0.25) is 0 Å². The number of morpholine rings is 1. The minimum absolute atomic E-state index is 0. The summed E-state index contributed by atoms with van der Waals surface area (Å²) in [6.07, 6.45) is 4.93. The van der Waals surface area contributed by atoms with Gasteiger partial charge in [-0.25, -0.2) is 0 Å². The van der Waals surface area contributed by atoms with E-state index in [1.165, 1.54) is 19.3 Å². The van der Waals surface area contributed by atoms with Crippen LogP contribution in [0.2, 0.25) is 0 Å². The summed E-state index contributed by atoms with van der Waals surface area (Å²) in [7, 11) is 0. The summed E-state index contributed by atoms with van der Waals surface area (Å²) in [5.41, 5.74) is 6.01. The molecule has 2 aliphatic rings. The number of nitrogens with two attached hydrogens (primary N) is 1. The van der Waals surface area contributed by atoms with Gasteiger partial charge in [0.25, 0.3) is 0 Å². The summed E-state index contributed by atoms with van der Waals surface area (Å²) in [5.74, 6) is 0.747. The molecular formula is C13H27IN4O. The molecule has 0 atom stereocenters. The Hall–Kier alpha value is -0.0800. The Balaban J connectivity index is 0.00000180. The maximum Gasteiger partial charge on any atom is 0.191 e. The number of likely N-dealkylation sites (tertiary alicyclic amines) is 1. The number of piperidine rings is 1. The highest BCUT2D eigenvalue weighted by atomic mass is 127. The number of nitrogens with zero attached hydrogens (tertiary/aromatic N) is 3. The van der Waals surface area contributed by atoms with E-state index in [9.17, 15) is 0 Å². The van der Waals surface area contributed by atoms with Crippen LogP contribution in [-0.4, -0.2) is 68.2 Å². The van der Waals surface area contributed by atoms with Gasteiger partial charge in [0, 0.05) is 39.3 Å². The molecule has 6 heteroatoms. The van der Waals surface area contributed by atoms with E-state index in [0.29, 0.717) is 0 Å². The van der Waals surface area contributed by atoms with Gasteiger partial charge in [-0.3, -0.25) is 9.89 Å². The van der Waals surface area contributed by atoms with Crippen LogP contribution in [0.3, 0.4) is 0 Å². The molecule has 0 aromatic rings. The zero-order valence-electron chi connectivity index (χ0n) is 11.7. The van der Waals surface area contributed by atoms with Crippen LogP contribution in [0.1, 0.15) is 25.7 Å². The maximum absolute atomic E-state index is 6.01. The lowest BCUT2D eigenvalue weighted by Gasteiger charge is -2.28. The van der Waals surface area contributed by atoms with E-state index in [-0.39, 0.29) is 24.0 Å². The monoisotopic (exact) mass is 382 g/mol. The van der Waals surface area contributed by atoms with E-state index >= 15 is 0 Å². The summed E-state index contributed by atoms with van der Waals surface area (Å²) in [5, 5.41) is 0. The highest BCUT2D eigenvalue weighted by molar-refractivity contribution is 14.0. The van der Waals surface area contributed by atoms with Gasteiger partial charge in [0.1, 0.15) is 0 Å². The molecule has 2 fully saturated rings. The van der Waals surface area contributed by atoms with Gasteiger partial charge in [-0.1, -0.05) is 0 Å². The second kappa shape index (κ2) is 9.77. The topological polar surface area (TPSA) is 54.1 Å². The molecule has 0 amide bonds. The Labute approximate surface area is 133 Å². The van der Waals surface area contributed by atoms with Crippen LogP contribution < -0.4 is 5.73 Å². The van der Waals surface area contributed by atoms with E-state index in [1.807, 2.05) is 0 Å². The first-order valence-electron chi connectivity index (χ1n) is 7.21. The van der Waals surface area contributed by atoms with Crippen LogP contribution in [0.15, 0.2) is 4.99 Å². The first kappa shape index (κ1) is 17.0. The number of rotatable bonds is 4. The lowest BCUT2D eigenvalue weighted by atomic mass is 10.1. The van der Waals surface area contributed by atoms with Gasteiger partial charge in [-0.15, -0.1) is 24.0 Å². The molecule has 2 rings (SSSR count). The van der Waals surface area contributed by atoms with Crippen molar-refractivity contribution in [1.29, 1.82) is 0 Å². The Morgan fingerprint density at radius 2 is 1.74 bits per heavy atom. The summed E-state index contributed by atoms with van der Waals surface area (Å²) < 4.78 is 5.33. The average Bonchev–Trinajstić information content (AvgIpc) is 2.45. The van der Waals surface area contributed by atoms with Crippen molar-refractivity contribution in [1.82, 2.24) is 9.80 Å². The minimum atomic E-state index is 0. The van der Waals surface area contributed by atoms with E-state index < -0.39 is 0 Å². The highest BCUT2D eigenvalue weighted by Crippen LogP contribution is 2.07. The zero-order valence-corrected chi connectivity index (χ0v) is 14.1. The fourth-order valence-corrected chi connectivity index (χ4v) is 2.54. The Bertz CT molecular complexity index is 263. The molecule has 0 aliphatic carbocycles. The van der Waals surface area contributed by atoms with Gasteiger partial charge in [-0.2, -0.15) is 0 Å². The molecule has 5 nitrogen and oxygen atoms in total. The third-order valence-electron chi connectivity index (χ3n) is 3.69. The largest absolute Gasteiger partial charge is 0.379 e. The molecule has 19 heavy (non-hydrogen) atoms. The second-order valence-electron chi connectivity index (χ2n) is 5.10. The SMILES string of the molecule is I.NC(=NCCCN1CCOCC1)N1CCCCC1. The Kier molecular flexibility index (Phi) is 8.72. The highest BCUT2D eigenvalue weighted by Gasteiger charge is 2.12. The molecule has 0 spiro atoms. The van der Waals surface area contributed by atoms with Crippen molar-refractivity contribution in [3.63, 3.8) is 0 Å². The second-order valence-corrected chi connectivity index (χ2v) is 5.10. The molecule has 0 unspecified atom stereocenters. The van der Waals surface area contributed by atoms with Crippen LogP contribution >= 0.6 is 24.0 Å². The normalized spacial score (nSPS) is 22.1. The van der Waals surface area contributed by atoms with Gasteiger partial charge in [0.05, 0.1) is 13.2 Å². The van der Waals surface area contributed by atoms with E-state index in [0.717, 1.165) is 64.9 Å². The van der Waals surface area contributed by atoms with Crippen LogP contribution in [0.4, 0.5) is 0 Å². The van der Waals surface area contributed by atoms with Crippen molar-refractivity contribution in [2.24, 2.45) is 10.7 Å². The van der Waals surface area contributed by atoms with Gasteiger partial charge in [-0.05, 0) is 25.7 Å². The summed E-state index contributed by atoms with van der Waals surface area (Å²) >= 11 is 0. The van der Waals surface area contributed by atoms with Crippen molar-refractivity contribution in [2.75, 3.05) is 52.5 Å². The standard InChI is InChI=1S/C13H26N4O.HI/c14-13(17-7-2-1-3-8-17)15-5-4-6-16-9-11-18-12-10-16;/h1-12H2,(H2,14,15);1H. The van der Waals surface area contributed by atoms with Crippen molar-refractivity contribution in [3.8, 4) is 0 Å². The van der Waals surface area contributed by atoms with Gasteiger partial charge >= 0.3 is 0 Å². The third-order valence-corrected chi connectivity index (χ3v) is 3.69. The summed E-state index contributed by atoms with van der Waals surface area (Å²) in [6.45, 7) is 7.99. The van der Waals surface area contributed by atoms with Crippen molar-refractivity contribution < 1.29 is 4.74 Å². The number of aliphatic imine (C=N–C) groups is 1. The molecule has 0 aromatic heterocycles. The molecule has 0 bridgehead atoms. The molecule has 2 N–H and O–H groups in total.